The molecule has 9 heteroatoms. The minimum Gasteiger partial charge on any atom is -0.487 e. The predicted octanol–water partition coefficient (Wildman–Crippen LogP) is 3.84. The Labute approximate surface area is 170 Å². The average Bonchev–Trinajstić information content (AvgIpc) is 3.29. The number of anilines is 1. The molecule has 146 valence electrons. The normalized spacial score (nSPS) is 10.5. The molecule has 1 amide bonds. The van der Waals surface area contributed by atoms with Gasteiger partial charge < -0.3 is 9.47 Å². The van der Waals surface area contributed by atoms with Crippen LogP contribution in [0.1, 0.15) is 33.7 Å². The van der Waals surface area contributed by atoms with Gasteiger partial charge in [0.1, 0.15) is 12.4 Å². The first-order chi connectivity index (χ1) is 13.5. The first-order valence-electron chi connectivity index (χ1n) is 8.58. The Balaban J connectivity index is 1.58. The summed E-state index contributed by atoms with van der Waals surface area (Å²) in [7, 11) is 0. The van der Waals surface area contributed by atoms with Crippen LogP contribution in [-0.2, 0) is 22.6 Å². The van der Waals surface area contributed by atoms with Gasteiger partial charge in [-0.05, 0) is 32.0 Å². The van der Waals surface area contributed by atoms with Gasteiger partial charge in [-0.2, -0.15) is 0 Å². The lowest BCUT2D eigenvalue weighted by Gasteiger charge is -2.07. The number of aromatic nitrogens is 2. The third kappa shape index (κ3) is 5.61. The van der Waals surface area contributed by atoms with Crippen molar-refractivity contribution >= 4 is 39.7 Å². The molecule has 0 fully saturated rings. The maximum absolute atomic E-state index is 12.5. The second kappa shape index (κ2) is 9.43. The van der Waals surface area contributed by atoms with Gasteiger partial charge in [-0.15, -0.1) is 22.7 Å². The molecule has 3 rings (SSSR count). The standard InChI is InChI=1S/C19H19N3O4S2/c1-3-25-17(23)8-14-10-28-19(21-14)22-18(24)13-5-4-6-16(7-13)26-9-15-11-27-12(2)20-15/h4-7,10-11H,3,8-9H2,1-2H3,(H,21,22,24). The molecule has 28 heavy (non-hydrogen) atoms. The molecule has 3 aromatic rings. The van der Waals surface area contributed by atoms with Gasteiger partial charge in [0.25, 0.3) is 5.91 Å². The summed E-state index contributed by atoms with van der Waals surface area (Å²) < 4.78 is 10.6. The number of hydrogen-bond donors (Lipinski definition) is 1. The highest BCUT2D eigenvalue weighted by Gasteiger charge is 2.12. The van der Waals surface area contributed by atoms with Crippen molar-refractivity contribution in [2.75, 3.05) is 11.9 Å². The van der Waals surface area contributed by atoms with E-state index in [2.05, 4.69) is 15.3 Å². The summed E-state index contributed by atoms with van der Waals surface area (Å²) in [5.74, 6) is -0.0572. The summed E-state index contributed by atoms with van der Waals surface area (Å²) in [6.45, 7) is 4.36. The number of hydrogen-bond acceptors (Lipinski definition) is 8. The highest BCUT2D eigenvalue weighted by atomic mass is 32.1. The van der Waals surface area contributed by atoms with Crippen molar-refractivity contribution in [3.8, 4) is 5.75 Å². The smallest absolute Gasteiger partial charge is 0.311 e. The van der Waals surface area contributed by atoms with E-state index in [-0.39, 0.29) is 18.3 Å². The lowest BCUT2D eigenvalue weighted by molar-refractivity contribution is -0.142. The predicted molar refractivity (Wildman–Crippen MR) is 108 cm³/mol. The molecule has 2 heterocycles. The lowest BCUT2D eigenvalue weighted by atomic mass is 10.2. The monoisotopic (exact) mass is 417 g/mol. The van der Waals surface area contributed by atoms with E-state index in [1.807, 2.05) is 12.3 Å². The summed E-state index contributed by atoms with van der Waals surface area (Å²) in [6.07, 6.45) is 0.0830. The minimum absolute atomic E-state index is 0.0830. The zero-order chi connectivity index (χ0) is 19.9. The molecule has 0 aliphatic rings. The average molecular weight is 418 g/mol. The van der Waals surface area contributed by atoms with Crippen LogP contribution in [0.5, 0.6) is 5.75 Å². The number of thiazole rings is 2. The first-order valence-corrected chi connectivity index (χ1v) is 10.3. The van der Waals surface area contributed by atoms with Crippen molar-refractivity contribution in [2.45, 2.75) is 26.9 Å². The number of nitrogens with zero attached hydrogens (tertiary/aromatic N) is 2. The molecule has 0 saturated carbocycles. The van der Waals surface area contributed by atoms with E-state index in [9.17, 15) is 9.59 Å². The fraction of sp³-hybridized carbons (Fsp3) is 0.263. The Bertz CT molecular complexity index is 968. The number of carbonyl (C=O) groups excluding carboxylic acids is 2. The summed E-state index contributed by atoms with van der Waals surface area (Å²) >= 11 is 2.82. The van der Waals surface area contributed by atoms with Crippen LogP contribution in [0.2, 0.25) is 0 Å². The summed E-state index contributed by atoms with van der Waals surface area (Å²) in [6, 6.07) is 6.91. The van der Waals surface area contributed by atoms with Gasteiger partial charge in [0.2, 0.25) is 0 Å². The lowest BCUT2D eigenvalue weighted by Crippen LogP contribution is -2.12. The van der Waals surface area contributed by atoms with E-state index < -0.39 is 0 Å². The van der Waals surface area contributed by atoms with Crippen molar-refractivity contribution < 1.29 is 19.1 Å². The first kappa shape index (κ1) is 20.0. The van der Waals surface area contributed by atoms with Crippen LogP contribution < -0.4 is 10.1 Å². The van der Waals surface area contributed by atoms with Crippen molar-refractivity contribution in [3.05, 3.63) is 57.0 Å². The van der Waals surface area contributed by atoms with Gasteiger partial charge in [0.15, 0.2) is 5.13 Å². The topological polar surface area (TPSA) is 90.4 Å². The second-order valence-corrected chi connectivity index (χ2v) is 7.67. The molecule has 0 unspecified atom stereocenters. The molecule has 1 N–H and O–H groups in total. The molecule has 1 aromatic carbocycles. The number of nitrogens with one attached hydrogen (secondary N) is 1. The molecule has 0 aliphatic heterocycles. The SMILES string of the molecule is CCOC(=O)Cc1csc(NC(=O)c2cccc(OCc3csc(C)n3)c2)n1. The van der Waals surface area contributed by atoms with Crippen molar-refractivity contribution in [3.63, 3.8) is 0 Å². The van der Waals surface area contributed by atoms with Crippen LogP contribution >= 0.6 is 22.7 Å². The molecule has 0 atom stereocenters. The fourth-order valence-corrected chi connectivity index (χ4v) is 3.64. The highest BCUT2D eigenvalue weighted by Crippen LogP contribution is 2.20. The number of rotatable bonds is 8. The fourth-order valence-electron chi connectivity index (χ4n) is 2.33. The third-order valence-corrected chi connectivity index (χ3v) is 5.18. The van der Waals surface area contributed by atoms with Gasteiger partial charge in [0.05, 0.1) is 29.4 Å². The second-order valence-electron chi connectivity index (χ2n) is 5.75. The van der Waals surface area contributed by atoms with E-state index in [1.165, 1.54) is 11.3 Å². The quantitative estimate of drug-likeness (QED) is 0.560. The van der Waals surface area contributed by atoms with Crippen LogP contribution in [0.15, 0.2) is 35.0 Å². The van der Waals surface area contributed by atoms with E-state index in [4.69, 9.17) is 9.47 Å². The Kier molecular flexibility index (Phi) is 6.72. The van der Waals surface area contributed by atoms with Crippen LogP contribution in [0, 0.1) is 6.92 Å². The summed E-state index contributed by atoms with van der Waals surface area (Å²) in [5, 5.41) is 7.82. The molecule has 0 aliphatic carbocycles. The molecule has 0 spiro atoms. The Morgan fingerprint density at radius 2 is 1.96 bits per heavy atom. The van der Waals surface area contributed by atoms with Gasteiger partial charge in [-0.1, -0.05) is 6.07 Å². The summed E-state index contributed by atoms with van der Waals surface area (Å²) in [5.41, 5.74) is 1.87. The summed E-state index contributed by atoms with van der Waals surface area (Å²) in [4.78, 5) is 32.6. The van der Waals surface area contributed by atoms with Crippen LogP contribution in [0.25, 0.3) is 0 Å². The Morgan fingerprint density at radius 1 is 1.14 bits per heavy atom. The highest BCUT2D eigenvalue weighted by molar-refractivity contribution is 7.14. The number of ether oxygens (including phenoxy) is 2. The van der Waals surface area contributed by atoms with Crippen LogP contribution in [0.3, 0.4) is 0 Å². The van der Waals surface area contributed by atoms with Gasteiger partial charge in [-0.3, -0.25) is 14.9 Å². The third-order valence-electron chi connectivity index (χ3n) is 3.55. The van der Waals surface area contributed by atoms with E-state index in [1.54, 1.807) is 47.9 Å². The zero-order valence-electron chi connectivity index (χ0n) is 15.4. The molecule has 0 saturated heterocycles. The molecular formula is C19H19N3O4S2. The maximum Gasteiger partial charge on any atom is 0.311 e. The maximum atomic E-state index is 12.5. The largest absolute Gasteiger partial charge is 0.487 e. The van der Waals surface area contributed by atoms with E-state index >= 15 is 0 Å². The number of esters is 1. The molecule has 7 nitrogen and oxygen atoms in total. The van der Waals surface area contributed by atoms with Crippen molar-refractivity contribution in [1.82, 2.24) is 9.97 Å². The van der Waals surface area contributed by atoms with Crippen molar-refractivity contribution in [2.24, 2.45) is 0 Å². The van der Waals surface area contributed by atoms with Gasteiger partial charge in [-0.25, -0.2) is 9.97 Å². The molecule has 0 bridgehead atoms. The Hall–Kier alpha value is -2.78. The molecular weight excluding hydrogens is 398 g/mol. The van der Waals surface area contributed by atoms with Crippen molar-refractivity contribution in [1.29, 1.82) is 0 Å². The zero-order valence-corrected chi connectivity index (χ0v) is 17.1. The van der Waals surface area contributed by atoms with E-state index in [0.29, 0.717) is 35.4 Å². The number of aryl methyl sites for hydroxylation is 1. The molecule has 2 aromatic heterocycles. The Morgan fingerprint density at radius 3 is 2.71 bits per heavy atom. The van der Waals surface area contributed by atoms with Gasteiger partial charge in [0, 0.05) is 16.3 Å². The number of amides is 1. The van der Waals surface area contributed by atoms with Crippen LogP contribution in [0.4, 0.5) is 5.13 Å². The van der Waals surface area contributed by atoms with Crippen LogP contribution in [-0.4, -0.2) is 28.5 Å². The molecule has 0 radical (unpaired) electrons. The van der Waals surface area contributed by atoms with Gasteiger partial charge >= 0.3 is 5.97 Å². The number of benzene rings is 1. The number of carbonyl (C=O) groups is 2. The minimum atomic E-state index is -0.342. The van der Waals surface area contributed by atoms with E-state index in [0.717, 1.165) is 10.7 Å².